The highest BCUT2D eigenvalue weighted by atomic mass is 32.2. The first kappa shape index (κ1) is 24.3. The van der Waals surface area contributed by atoms with Crippen molar-refractivity contribution in [3.05, 3.63) is 95.6 Å². The number of hydrogen-bond donors (Lipinski definition) is 0. The quantitative estimate of drug-likeness (QED) is 0.387. The van der Waals surface area contributed by atoms with E-state index in [2.05, 4.69) is 13.8 Å². The highest BCUT2D eigenvalue weighted by Crippen LogP contribution is 2.27. The lowest BCUT2D eigenvalue weighted by atomic mass is 10.0. The number of amides is 1. The van der Waals surface area contributed by atoms with Crippen LogP contribution in [0, 0.1) is 6.92 Å². The van der Waals surface area contributed by atoms with Crippen molar-refractivity contribution in [1.82, 2.24) is 0 Å². The molecule has 0 unspecified atom stereocenters. The Hall–Kier alpha value is -3.38. The van der Waals surface area contributed by atoms with Gasteiger partial charge < -0.3 is 4.74 Å². The third-order valence-corrected chi connectivity index (χ3v) is 6.90. The highest BCUT2D eigenvalue weighted by Gasteiger charge is 2.29. The third-order valence-electron chi connectivity index (χ3n) is 5.16. The van der Waals surface area contributed by atoms with Crippen LogP contribution in [-0.4, -0.2) is 20.9 Å². The Morgan fingerprint density at radius 3 is 2.09 bits per heavy atom. The smallest absolute Gasteiger partial charge is 0.271 e. The van der Waals surface area contributed by atoms with Gasteiger partial charge in [0.05, 0.1) is 17.2 Å². The number of aryl methyl sites for hydroxylation is 1. The van der Waals surface area contributed by atoms with E-state index in [0.29, 0.717) is 18.3 Å². The molecule has 0 aliphatic heterocycles. The van der Waals surface area contributed by atoms with Crippen LogP contribution in [0.5, 0.6) is 5.75 Å². The molecule has 0 fully saturated rings. The Balaban J connectivity index is 1.98. The number of anilines is 1. The number of benzene rings is 3. The second-order valence-corrected chi connectivity index (χ2v) is 9.79. The van der Waals surface area contributed by atoms with Crippen molar-refractivity contribution in [1.29, 1.82) is 0 Å². The molecule has 0 saturated carbocycles. The van der Waals surface area contributed by atoms with E-state index >= 15 is 0 Å². The molecule has 0 N–H and O–H groups in total. The van der Waals surface area contributed by atoms with Crippen molar-refractivity contribution in [2.45, 2.75) is 38.5 Å². The molecule has 0 saturated heterocycles. The van der Waals surface area contributed by atoms with Crippen LogP contribution >= 0.6 is 0 Å². The molecule has 6 heteroatoms. The lowest BCUT2D eigenvalue weighted by Crippen LogP contribution is -2.35. The van der Waals surface area contributed by atoms with E-state index in [1.165, 1.54) is 23.8 Å². The topological polar surface area (TPSA) is 63.7 Å². The maximum Gasteiger partial charge on any atom is 0.271 e. The van der Waals surface area contributed by atoms with Crippen LogP contribution in [0.2, 0.25) is 0 Å². The second kappa shape index (κ2) is 10.5. The molecule has 172 valence electrons. The molecule has 0 aliphatic carbocycles. The zero-order valence-electron chi connectivity index (χ0n) is 19.4. The van der Waals surface area contributed by atoms with Crippen LogP contribution in [0.25, 0.3) is 6.08 Å². The minimum Gasteiger partial charge on any atom is -0.494 e. The van der Waals surface area contributed by atoms with Crippen LogP contribution in [0.3, 0.4) is 0 Å². The monoisotopic (exact) mass is 463 g/mol. The number of sulfonamides is 1. The first-order chi connectivity index (χ1) is 15.7. The average Bonchev–Trinajstić information content (AvgIpc) is 2.79. The first-order valence-electron chi connectivity index (χ1n) is 10.9. The van der Waals surface area contributed by atoms with E-state index in [-0.39, 0.29) is 10.6 Å². The summed E-state index contributed by atoms with van der Waals surface area (Å²) in [6.07, 6.45) is 2.91. The van der Waals surface area contributed by atoms with Crippen molar-refractivity contribution in [2.75, 3.05) is 10.9 Å². The average molecular weight is 464 g/mol. The normalized spacial score (nSPS) is 11.7. The lowest BCUT2D eigenvalue weighted by molar-refractivity contribution is -0.113. The molecule has 33 heavy (non-hydrogen) atoms. The minimum atomic E-state index is -4.13. The standard InChI is InChI=1S/C27H29NO4S/c1-5-32-25-15-13-24(14-16-25)28(33(30,31)26-17-6-21(4)7-18-26)27(29)19-10-22-8-11-23(12-9-22)20(2)3/h6-20H,5H2,1-4H3/b19-10+. The second-order valence-electron chi connectivity index (χ2n) is 8.00. The van der Waals surface area contributed by atoms with Gasteiger partial charge in [-0.25, -0.2) is 8.42 Å². The van der Waals surface area contributed by atoms with Crippen LogP contribution in [-0.2, 0) is 14.8 Å². The van der Waals surface area contributed by atoms with Gasteiger partial charge in [-0.15, -0.1) is 0 Å². The SMILES string of the molecule is CCOc1ccc(N(C(=O)/C=C/c2ccc(C(C)C)cc2)S(=O)(=O)c2ccc(C)cc2)cc1. The molecule has 3 aromatic rings. The van der Waals surface area contributed by atoms with E-state index < -0.39 is 15.9 Å². The molecular formula is C27H29NO4S. The van der Waals surface area contributed by atoms with Gasteiger partial charge in [0.1, 0.15) is 5.75 Å². The zero-order chi connectivity index (χ0) is 24.0. The van der Waals surface area contributed by atoms with Crippen molar-refractivity contribution in [3.63, 3.8) is 0 Å². The number of ether oxygens (including phenoxy) is 1. The summed E-state index contributed by atoms with van der Waals surface area (Å²) in [6, 6.07) is 20.7. The maximum atomic E-state index is 13.5. The molecule has 5 nitrogen and oxygen atoms in total. The molecule has 3 aromatic carbocycles. The molecule has 0 heterocycles. The number of nitrogens with zero attached hydrogens (tertiary/aromatic N) is 1. The van der Waals surface area contributed by atoms with Crippen molar-refractivity contribution in [3.8, 4) is 5.75 Å². The van der Waals surface area contributed by atoms with Crippen molar-refractivity contribution in [2.24, 2.45) is 0 Å². The predicted octanol–water partition coefficient (Wildman–Crippen LogP) is 5.95. The van der Waals surface area contributed by atoms with Gasteiger partial charge in [0.15, 0.2) is 0 Å². The number of rotatable bonds is 8. The van der Waals surface area contributed by atoms with E-state index in [9.17, 15) is 13.2 Å². The third kappa shape index (κ3) is 5.90. The summed E-state index contributed by atoms with van der Waals surface area (Å²) in [5.41, 5.74) is 3.17. The number of carbonyl (C=O) groups is 1. The van der Waals surface area contributed by atoms with Crippen molar-refractivity contribution >= 4 is 27.7 Å². The summed E-state index contributed by atoms with van der Waals surface area (Å²) >= 11 is 0. The van der Waals surface area contributed by atoms with E-state index in [1.807, 2.05) is 38.1 Å². The van der Waals surface area contributed by atoms with Crippen LogP contribution in [0.15, 0.2) is 83.8 Å². The zero-order valence-corrected chi connectivity index (χ0v) is 20.2. The number of hydrogen-bond acceptors (Lipinski definition) is 4. The van der Waals surface area contributed by atoms with Gasteiger partial charge in [0, 0.05) is 6.08 Å². The molecule has 0 atom stereocenters. The van der Waals surface area contributed by atoms with Crippen LogP contribution in [0.1, 0.15) is 43.4 Å². The van der Waals surface area contributed by atoms with E-state index in [4.69, 9.17) is 4.74 Å². The molecule has 0 radical (unpaired) electrons. The first-order valence-corrected chi connectivity index (χ1v) is 12.3. The largest absolute Gasteiger partial charge is 0.494 e. The molecule has 0 aromatic heterocycles. The van der Waals surface area contributed by atoms with Gasteiger partial charge in [0.25, 0.3) is 15.9 Å². The molecule has 3 rings (SSSR count). The van der Waals surface area contributed by atoms with Crippen molar-refractivity contribution < 1.29 is 17.9 Å². The van der Waals surface area contributed by atoms with Gasteiger partial charge in [-0.05, 0) is 73.4 Å². The van der Waals surface area contributed by atoms with E-state index in [1.54, 1.807) is 42.5 Å². The Morgan fingerprint density at radius 2 is 1.55 bits per heavy atom. The Bertz CT molecular complexity index is 1210. The predicted molar refractivity (Wildman–Crippen MR) is 133 cm³/mol. The van der Waals surface area contributed by atoms with Gasteiger partial charge in [0.2, 0.25) is 0 Å². The van der Waals surface area contributed by atoms with Crippen LogP contribution in [0.4, 0.5) is 5.69 Å². The summed E-state index contributed by atoms with van der Waals surface area (Å²) in [6.45, 7) is 8.45. The lowest BCUT2D eigenvalue weighted by Gasteiger charge is -2.22. The van der Waals surface area contributed by atoms with Gasteiger partial charge in [-0.2, -0.15) is 4.31 Å². The minimum absolute atomic E-state index is 0.0463. The fraction of sp³-hybridized carbons (Fsp3) is 0.222. The number of carbonyl (C=O) groups excluding carboxylic acids is 1. The summed E-state index contributed by atoms with van der Waals surface area (Å²) in [7, 11) is -4.13. The summed E-state index contributed by atoms with van der Waals surface area (Å²) < 4.78 is 33.2. The summed E-state index contributed by atoms with van der Waals surface area (Å²) in [5.74, 6) is 0.342. The molecule has 1 amide bonds. The fourth-order valence-corrected chi connectivity index (χ4v) is 4.66. The van der Waals surface area contributed by atoms with Gasteiger partial charge >= 0.3 is 0 Å². The van der Waals surface area contributed by atoms with Gasteiger partial charge in [-0.3, -0.25) is 4.79 Å². The molecule has 0 bridgehead atoms. The summed E-state index contributed by atoms with van der Waals surface area (Å²) in [4.78, 5) is 13.3. The molecule has 0 aliphatic rings. The van der Waals surface area contributed by atoms with Gasteiger partial charge in [-0.1, -0.05) is 55.8 Å². The highest BCUT2D eigenvalue weighted by molar-refractivity contribution is 7.93. The van der Waals surface area contributed by atoms with Crippen LogP contribution < -0.4 is 9.04 Å². The van der Waals surface area contributed by atoms with E-state index in [0.717, 1.165) is 15.4 Å². The molecule has 0 spiro atoms. The Labute approximate surface area is 196 Å². The Kier molecular flexibility index (Phi) is 7.71. The molecular weight excluding hydrogens is 434 g/mol. The fourth-order valence-electron chi connectivity index (χ4n) is 3.27. The maximum absolute atomic E-state index is 13.5. The summed E-state index contributed by atoms with van der Waals surface area (Å²) in [5, 5.41) is 0. The Morgan fingerprint density at radius 1 is 0.939 bits per heavy atom.